The molecule has 1 unspecified atom stereocenters. The Morgan fingerprint density at radius 2 is 1.77 bits per heavy atom. The van der Waals surface area contributed by atoms with Gasteiger partial charge >= 0.3 is 0 Å². The second-order valence-corrected chi connectivity index (χ2v) is 7.06. The first-order chi connectivity index (χ1) is 12.7. The summed E-state index contributed by atoms with van der Waals surface area (Å²) in [5, 5.41) is 0. The SMILES string of the molecule is COc1ccccc1CC1CCN(C(=O)CC(N)c2ccccc2)CC1. The van der Waals surface area contributed by atoms with Gasteiger partial charge < -0.3 is 15.4 Å². The topological polar surface area (TPSA) is 55.6 Å². The lowest BCUT2D eigenvalue weighted by Crippen LogP contribution is -2.40. The van der Waals surface area contributed by atoms with E-state index in [4.69, 9.17) is 10.5 Å². The van der Waals surface area contributed by atoms with Crippen LogP contribution in [0.2, 0.25) is 0 Å². The van der Waals surface area contributed by atoms with Crippen molar-refractivity contribution in [3.8, 4) is 5.75 Å². The maximum atomic E-state index is 12.6. The van der Waals surface area contributed by atoms with Crippen LogP contribution in [-0.4, -0.2) is 31.0 Å². The number of methoxy groups -OCH3 is 1. The molecule has 4 nitrogen and oxygen atoms in total. The highest BCUT2D eigenvalue weighted by molar-refractivity contribution is 5.77. The van der Waals surface area contributed by atoms with Crippen LogP contribution in [-0.2, 0) is 11.2 Å². The third-order valence-electron chi connectivity index (χ3n) is 5.29. The molecule has 2 N–H and O–H groups in total. The monoisotopic (exact) mass is 352 g/mol. The summed E-state index contributed by atoms with van der Waals surface area (Å²) in [4.78, 5) is 14.5. The standard InChI is InChI=1S/C22H28N2O2/c1-26-21-10-6-5-9-19(21)15-17-11-13-24(14-12-17)22(25)16-20(23)18-7-3-2-4-8-18/h2-10,17,20H,11-16,23H2,1H3. The fourth-order valence-corrected chi connectivity index (χ4v) is 3.70. The number of amides is 1. The number of nitrogens with zero attached hydrogens (tertiary/aromatic N) is 1. The molecule has 1 aliphatic rings. The first-order valence-corrected chi connectivity index (χ1v) is 9.37. The van der Waals surface area contributed by atoms with Crippen molar-refractivity contribution in [2.45, 2.75) is 31.7 Å². The van der Waals surface area contributed by atoms with E-state index in [9.17, 15) is 4.79 Å². The summed E-state index contributed by atoms with van der Waals surface area (Å²) in [6.07, 6.45) is 3.45. The van der Waals surface area contributed by atoms with Gasteiger partial charge in [0.15, 0.2) is 0 Å². The van der Waals surface area contributed by atoms with E-state index in [1.807, 2.05) is 47.4 Å². The van der Waals surface area contributed by atoms with Crippen molar-refractivity contribution in [2.24, 2.45) is 11.7 Å². The van der Waals surface area contributed by atoms with Gasteiger partial charge in [-0.05, 0) is 42.4 Å². The Morgan fingerprint density at radius 1 is 1.12 bits per heavy atom. The molecule has 1 saturated heterocycles. The van der Waals surface area contributed by atoms with E-state index in [0.29, 0.717) is 12.3 Å². The van der Waals surface area contributed by atoms with E-state index in [-0.39, 0.29) is 11.9 Å². The second kappa shape index (κ2) is 8.86. The molecule has 0 spiro atoms. The molecule has 2 aromatic carbocycles. The minimum atomic E-state index is -0.227. The number of ether oxygens (including phenoxy) is 1. The minimum absolute atomic E-state index is 0.164. The quantitative estimate of drug-likeness (QED) is 0.865. The highest BCUT2D eigenvalue weighted by Crippen LogP contribution is 2.27. The summed E-state index contributed by atoms with van der Waals surface area (Å²) >= 11 is 0. The molecular weight excluding hydrogens is 324 g/mol. The molecule has 4 heteroatoms. The van der Waals surface area contributed by atoms with Gasteiger partial charge in [-0.1, -0.05) is 48.5 Å². The summed E-state index contributed by atoms with van der Waals surface area (Å²) < 4.78 is 5.45. The predicted octanol–water partition coefficient (Wildman–Crippen LogP) is 3.57. The largest absolute Gasteiger partial charge is 0.496 e. The molecule has 3 rings (SSSR count). The lowest BCUT2D eigenvalue weighted by molar-refractivity contribution is -0.133. The van der Waals surface area contributed by atoms with Gasteiger partial charge in [-0.2, -0.15) is 0 Å². The number of piperidine rings is 1. The van der Waals surface area contributed by atoms with E-state index in [2.05, 4.69) is 12.1 Å². The van der Waals surface area contributed by atoms with E-state index >= 15 is 0 Å². The van der Waals surface area contributed by atoms with Gasteiger partial charge in [-0.15, -0.1) is 0 Å². The second-order valence-electron chi connectivity index (χ2n) is 7.06. The molecule has 0 saturated carbocycles. The van der Waals surface area contributed by atoms with Gasteiger partial charge in [0, 0.05) is 25.6 Å². The molecule has 1 atom stereocenters. The number of rotatable bonds is 6. The maximum absolute atomic E-state index is 12.6. The van der Waals surface area contributed by atoms with Gasteiger partial charge in [0.05, 0.1) is 7.11 Å². The molecule has 2 aromatic rings. The summed E-state index contributed by atoms with van der Waals surface area (Å²) in [6, 6.07) is 17.8. The Kier molecular flexibility index (Phi) is 6.29. The number of carbonyl (C=O) groups excluding carboxylic acids is 1. The predicted molar refractivity (Wildman–Crippen MR) is 104 cm³/mol. The van der Waals surface area contributed by atoms with Gasteiger partial charge in [0.1, 0.15) is 5.75 Å². The molecule has 1 heterocycles. The number of hydrogen-bond acceptors (Lipinski definition) is 3. The first kappa shape index (κ1) is 18.5. The highest BCUT2D eigenvalue weighted by Gasteiger charge is 2.25. The van der Waals surface area contributed by atoms with Crippen LogP contribution in [0.5, 0.6) is 5.75 Å². The normalized spacial score (nSPS) is 16.3. The first-order valence-electron chi connectivity index (χ1n) is 9.37. The van der Waals surface area contributed by atoms with Crippen molar-refractivity contribution in [1.29, 1.82) is 0 Å². The van der Waals surface area contributed by atoms with Crippen molar-refractivity contribution in [3.05, 3.63) is 65.7 Å². The summed E-state index contributed by atoms with van der Waals surface area (Å²) in [7, 11) is 1.72. The Hall–Kier alpha value is -2.33. The summed E-state index contributed by atoms with van der Waals surface area (Å²) in [5.74, 6) is 1.72. The zero-order valence-electron chi connectivity index (χ0n) is 15.4. The molecule has 1 amide bonds. The molecule has 0 aliphatic carbocycles. The van der Waals surface area contributed by atoms with Crippen molar-refractivity contribution in [2.75, 3.05) is 20.2 Å². The number of likely N-dealkylation sites (tertiary alicyclic amines) is 1. The van der Waals surface area contributed by atoms with Crippen LogP contribution in [0.25, 0.3) is 0 Å². The molecule has 0 bridgehead atoms. The summed E-state index contributed by atoms with van der Waals surface area (Å²) in [6.45, 7) is 1.64. The van der Waals surface area contributed by atoms with Gasteiger partial charge in [-0.25, -0.2) is 0 Å². The Bertz CT molecular complexity index is 709. The molecule has 138 valence electrons. The number of nitrogens with two attached hydrogens (primary N) is 1. The van der Waals surface area contributed by atoms with Crippen LogP contribution >= 0.6 is 0 Å². The fourth-order valence-electron chi connectivity index (χ4n) is 3.70. The van der Waals surface area contributed by atoms with Gasteiger partial charge in [-0.3, -0.25) is 4.79 Å². The van der Waals surface area contributed by atoms with Crippen LogP contribution in [0, 0.1) is 5.92 Å². The highest BCUT2D eigenvalue weighted by atomic mass is 16.5. The van der Waals surface area contributed by atoms with Gasteiger partial charge in [0.2, 0.25) is 5.91 Å². The lowest BCUT2D eigenvalue weighted by Gasteiger charge is -2.33. The molecule has 26 heavy (non-hydrogen) atoms. The average Bonchev–Trinajstić information content (AvgIpc) is 2.69. The Labute approximate surface area is 156 Å². The lowest BCUT2D eigenvalue weighted by atomic mass is 9.89. The number of benzene rings is 2. The smallest absolute Gasteiger partial charge is 0.224 e. The van der Waals surface area contributed by atoms with E-state index in [0.717, 1.165) is 43.7 Å². The van der Waals surface area contributed by atoms with Crippen molar-refractivity contribution in [3.63, 3.8) is 0 Å². The Balaban J connectivity index is 1.49. The number of carbonyl (C=O) groups is 1. The molecule has 1 fully saturated rings. The van der Waals surface area contributed by atoms with E-state index in [1.165, 1.54) is 5.56 Å². The molecular formula is C22H28N2O2. The third-order valence-corrected chi connectivity index (χ3v) is 5.29. The van der Waals surface area contributed by atoms with Crippen LogP contribution in [0.3, 0.4) is 0 Å². The zero-order valence-corrected chi connectivity index (χ0v) is 15.4. The van der Waals surface area contributed by atoms with Crippen LogP contribution in [0.4, 0.5) is 0 Å². The summed E-state index contributed by atoms with van der Waals surface area (Å²) in [5.41, 5.74) is 8.48. The maximum Gasteiger partial charge on any atom is 0.224 e. The van der Waals surface area contributed by atoms with E-state index < -0.39 is 0 Å². The minimum Gasteiger partial charge on any atom is -0.496 e. The zero-order chi connectivity index (χ0) is 18.4. The number of hydrogen-bond donors (Lipinski definition) is 1. The molecule has 1 aliphatic heterocycles. The van der Waals surface area contributed by atoms with E-state index in [1.54, 1.807) is 7.11 Å². The van der Waals surface area contributed by atoms with Crippen molar-refractivity contribution < 1.29 is 9.53 Å². The van der Waals surface area contributed by atoms with Crippen molar-refractivity contribution in [1.82, 2.24) is 4.90 Å². The molecule has 0 aromatic heterocycles. The fraction of sp³-hybridized carbons (Fsp3) is 0.409. The third kappa shape index (κ3) is 4.64. The van der Waals surface area contributed by atoms with Crippen molar-refractivity contribution >= 4 is 5.91 Å². The average molecular weight is 352 g/mol. The van der Waals surface area contributed by atoms with Crippen LogP contribution in [0.15, 0.2) is 54.6 Å². The number of para-hydroxylation sites is 1. The molecule has 0 radical (unpaired) electrons. The van der Waals surface area contributed by atoms with Crippen LogP contribution in [0.1, 0.15) is 36.4 Å². The van der Waals surface area contributed by atoms with Gasteiger partial charge in [0.25, 0.3) is 0 Å². The van der Waals surface area contributed by atoms with Crippen LogP contribution < -0.4 is 10.5 Å². The Morgan fingerprint density at radius 3 is 2.46 bits per heavy atom.